The summed E-state index contributed by atoms with van der Waals surface area (Å²) in [6.07, 6.45) is 2.17. The van der Waals surface area contributed by atoms with Gasteiger partial charge in [0.15, 0.2) is 5.16 Å². The van der Waals surface area contributed by atoms with E-state index in [-0.39, 0.29) is 11.7 Å². The van der Waals surface area contributed by atoms with E-state index in [4.69, 9.17) is 0 Å². The number of benzene rings is 1. The molecule has 5 nitrogen and oxygen atoms in total. The third-order valence-corrected chi connectivity index (χ3v) is 4.84. The van der Waals surface area contributed by atoms with Gasteiger partial charge in [-0.1, -0.05) is 41.6 Å². The maximum absolute atomic E-state index is 11.8. The highest BCUT2D eigenvalue weighted by atomic mass is 32.2. The fraction of sp³-hybridized carbons (Fsp3) is 0.467. The average Bonchev–Trinajstić information content (AvgIpc) is 3.25. The van der Waals surface area contributed by atoms with Crippen LogP contribution in [0.25, 0.3) is 0 Å². The van der Waals surface area contributed by atoms with Crippen molar-refractivity contribution in [3.8, 4) is 0 Å². The molecular formula is C15H20N4OS. The van der Waals surface area contributed by atoms with Crippen LogP contribution in [0.1, 0.15) is 36.1 Å². The summed E-state index contributed by atoms with van der Waals surface area (Å²) in [5.41, 5.74) is 2.43. The van der Waals surface area contributed by atoms with E-state index in [9.17, 15) is 4.79 Å². The number of hydrogen-bond donors (Lipinski definition) is 2. The van der Waals surface area contributed by atoms with Crippen LogP contribution in [-0.2, 0) is 0 Å². The predicted octanol–water partition coefficient (Wildman–Crippen LogP) is 2.27. The number of aryl methyl sites for hydroxylation is 1. The van der Waals surface area contributed by atoms with Crippen LogP contribution in [0.5, 0.6) is 0 Å². The third kappa shape index (κ3) is 3.22. The Morgan fingerprint density at radius 3 is 2.76 bits per heavy atom. The van der Waals surface area contributed by atoms with Crippen LogP contribution >= 0.6 is 11.8 Å². The van der Waals surface area contributed by atoms with E-state index < -0.39 is 0 Å². The average molecular weight is 304 g/mol. The van der Waals surface area contributed by atoms with Crippen molar-refractivity contribution in [3.63, 3.8) is 0 Å². The highest BCUT2D eigenvalue weighted by Gasteiger charge is 2.28. The molecule has 6 heteroatoms. The minimum absolute atomic E-state index is 0.0867. The van der Waals surface area contributed by atoms with Gasteiger partial charge in [0.2, 0.25) is 0 Å². The summed E-state index contributed by atoms with van der Waals surface area (Å²) in [4.78, 5) is 11.8. The van der Waals surface area contributed by atoms with E-state index in [1.165, 1.54) is 11.1 Å². The van der Waals surface area contributed by atoms with Crippen molar-refractivity contribution in [2.75, 3.05) is 12.8 Å². The van der Waals surface area contributed by atoms with Gasteiger partial charge in [0.05, 0.1) is 0 Å². The number of hydrogen-bond acceptors (Lipinski definition) is 4. The van der Waals surface area contributed by atoms with Gasteiger partial charge in [-0.3, -0.25) is 4.57 Å². The number of aromatic amines is 1. The maximum atomic E-state index is 11.8. The maximum Gasteiger partial charge on any atom is 0.344 e. The lowest BCUT2D eigenvalue weighted by molar-refractivity contribution is 0.634. The largest absolute Gasteiger partial charge is 0.344 e. The second kappa shape index (κ2) is 6.07. The van der Waals surface area contributed by atoms with Crippen LogP contribution in [0.4, 0.5) is 0 Å². The lowest BCUT2D eigenvalue weighted by Gasteiger charge is -2.16. The highest BCUT2D eigenvalue weighted by molar-refractivity contribution is 7.99. The van der Waals surface area contributed by atoms with Crippen molar-refractivity contribution in [2.24, 2.45) is 0 Å². The van der Waals surface area contributed by atoms with Crippen LogP contribution in [0.3, 0.4) is 0 Å². The van der Waals surface area contributed by atoms with Gasteiger partial charge < -0.3 is 5.32 Å². The molecule has 0 radical (unpaired) electrons. The molecule has 0 aliphatic heterocycles. The van der Waals surface area contributed by atoms with Crippen LogP contribution in [-0.4, -0.2) is 27.6 Å². The van der Waals surface area contributed by atoms with E-state index in [2.05, 4.69) is 46.7 Å². The SMILES string of the molecule is CNC(CSc1n[nH]c(=O)n1C1CC1)c1ccc(C)cc1. The quantitative estimate of drug-likeness (QED) is 0.804. The van der Waals surface area contributed by atoms with Gasteiger partial charge in [0.1, 0.15) is 0 Å². The van der Waals surface area contributed by atoms with E-state index in [0.717, 1.165) is 23.8 Å². The Balaban J connectivity index is 1.71. The van der Waals surface area contributed by atoms with Gasteiger partial charge in [-0.15, -0.1) is 5.10 Å². The van der Waals surface area contributed by atoms with Gasteiger partial charge in [-0.05, 0) is 32.4 Å². The second-order valence-electron chi connectivity index (χ2n) is 5.48. The Labute approximate surface area is 128 Å². The minimum atomic E-state index is -0.0867. The number of thioether (sulfide) groups is 1. The molecule has 1 aromatic carbocycles. The summed E-state index contributed by atoms with van der Waals surface area (Å²) in [6, 6.07) is 9.14. The van der Waals surface area contributed by atoms with Gasteiger partial charge >= 0.3 is 5.69 Å². The molecule has 21 heavy (non-hydrogen) atoms. The molecule has 1 aromatic heterocycles. The fourth-order valence-corrected chi connectivity index (χ4v) is 3.51. The zero-order valence-electron chi connectivity index (χ0n) is 12.3. The van der Waals surface area contributed by atoms with Crippen molar-refractivity contribution < 1.29 is 0 Å². The van der Waals surface area contributed by atoms with Gasteiger partial charge in [-0.2, -0.15) is 0 Å². The fourth-order valence-electron chi connectivity index (χ4n) is 2.35. The Morgan fingerprint density at radius 2 is 2.14 bits per heavy atom. The number of H-pyrrole nitrogens is 1. The summed E-state index contributed by atoms with van der Waals surface area (Å²) in [5.74, 6) is 0.844. The first-order chi connectivity index (χ1) is 10.2. The zero-order valence-corrected chi connectivity index (χ0v) is 13.1. The van der Waals surface area contributed by atoms with Gasteiger partial charge in [0, 0.05) is 17.8 Å². The van der Waals surface area contributed by atoms with Crippen LogP contribution in [0.2, 0.25) is 0 Å². The second-order valence-corrected chi connectivity index (χ2v) is 6.46. The number of nitrogens with one attached hydrogen (secondary N) is 2. The van der Waals surface area contributed by atoms with Crippen molar-refractivity contribution >= 4 is 11.8 Å². The van der Waals surface area contributed by atoms with Crippen molar-refractivity contribution in [1.82, 2.24) is 20.1 Å². The van der Waals surface area contributed by atoms with E-state index in [0.29, 0.717) is 6.04 Å². The molecule has 112 valence electrons. The Kier molecular flexibility index (Phi) is 4.17. The molecule has 1 heterocycles. The summed E-state index contributed by atoms with van der Waals surface area (Å²) >= 11 is 1.63. The first-order valence-corrected chi connectivity index (χ1v) is 8.21. The molecule has 0 spiro atoms. The summed E-state index contributed by atoms with van der Waals surface area (Å²) in [7, 11) is 1.96. The first kappa shape index (κ1) is 14.4. The molecule has 1 aliphatic carbocycles. The molecule has 2 aromatic rings. The Hall–Kier alpha value is -1.53. The third-order valence-electron chi connectivity index (χ3n) is 3.79. The molecule has 1 saturated carbocycles. The minimum Gasteiger partial charge on any atom is -0.312 e. The van der Waals surface area contributed by atoms with E-state index in [1.807, 2.05) is 7.05 Å². The zero-order chi connectivity index (χ0) is 14.8. The normalized spacial score (nSPS) is 16.1. The lowest BCUT2D eigenvalue weighted by Crippen LogP contribution is -2.20. The first-order valence-electron chi connectivity index (χ1n) is 7.22. The van der Waals surface area contributed by atoms with Crippen molar-refractivity contribution in [3.05, 3.63) is 45.9 Å². The summed E-state index contributed by atoms with van der Waals surface area (Å²) in [6.45, 7) is 2.09. The standard InChI is InChI=1S/C15H20N4OS/c1-10-3-5-11(6-4-10)13(16-2)9-21-15-18-17-14(20)19(15)12-7-8-12/h3-6,12-13,16H,7-9H2,1-2H3,(H,17,20). The molecule has 0 amide bonds. The lowest BCUT2D eigenvalue weighted by atomic mass is 10.1. The highest BCUT2D eigenvalue weighted by Crippen LogP contribution is 2.36. The van der Waals surface area contributed by atoms with Crippen LogP contribution < -0.4 is 11.0 Å². The Bertz CT molecular complexity index is 657. The van der Waals surface area contributed by atoms with E-state index >= 15 is 0 Å². The molecule has 0 bridgehead atoms. The van der Waals surface area contributed by atoms with E-state index in [1.54, 1.807) is 16.3 Å². The number of rotatable bonds is 6. The topological polar surface area (TPSA) is 62.7 Å². The molecule has 1 atom stereocenters. The predicted molar refractivity (Wildman–Crippen MR) is 84.8 cm³/mol. The summed E-state index contributed by atoms with van der Waals surface area (Å²) in [5, 5.41) is 10.8. The van der Waals surface area contributed by atoms with Gasteiger partial charge in [-0.25, -0.2) is 9.89 Å². The smallest absolute Gasteiger partial charge is 0.312 e. The Morgan fingerprint density at radius 1 is 1.43 bits per heavy atom. The van der Waals surface area contributed by atoms with Gasteiger partial charge in [0.25, 0.3) is 0 Å². The molecule has 3 rings (SSSR count). The monoisotopic (exact) mass is 304 g/mol. The molecule has 1 fully saturated rings. The molecule has 0 saturated heterocycles. The number of nitrogens with zero attached hydrogens (tertiary/aromatic N) is 2. The van der Waals surface area contributed by atoms with Crippen LogP contribution in [0, 0.1) is 6.92 Å². The van der Waals surface area contributed by atoms with Crippen molar-refractivity contribution in [1.29, 1.82) is 0 Å². The molecule has 2 N–H and O–H groups in total. The molecule has 1 aliphatic rings. The van der Waals surface area contributed by atoms with Crippen LogP contribution in [0.15, 0.2) is 34.2 Å². The summed E-state index contributed by atoms with van der Waals surface area (Å²) < 4.78 is 1.80. The van der Waals surface area contributed by atoms with Crippen molar-refractivity contribution in [2.45, 2.75) is 37.0 Å². The molecular weight excluding hydrogens is 284 g/mol. The number of aromatic nitrogens is 3. The molecule has 1 unspecified atom stereocenters.